The van der Waals surface area contributed by atoms with Crippen LogP contribution in [0.15, 0.2) is 22.9 Å². The third-order valence-electron chi connectivity index (χ3n) is 3.32. The van der Waals surface area contributed by atoms with Crippen LogP contribution in [0.5, 0.6) is 0 Å². The van der Waals surface area contributed by atoms with Gasteiger partial charge in [-0.1, -0.05) is 20.8 Å². The number of hydrogen-bond acceptors (Lipinski definition) is 4. The van der Waals surface area contributed by atoms with Gasteiger partial charge in [0.15, 0.2) is 5.82 Å². The molecule has 21 heavy (non-hydrogen) atoms. The Bertz CT molecular complexity index is 613. The first-order valence-corrected chi connectivity index (χ1v) is 8.24. The van der Waals surface area contributed by atoms with Crippen molar-refractivity contribution in [1.82, 2.24) is 15.0 Å². The summed E-state index contributed by atoms with van der Waals surface area (Å²) in [4.78, 5) is 13.6. The van der Waals surface area contributed by atoms with E-state index in [1.807, 2.05) is 12.3 Å². The number of anilines is 1. The van der Waals surface area contributed by atoms with E-state index in [4.69, 9.17) is 9.97 Å². The van der Waals surface area contributed by atoms with Gasteiger partial charge >= 0.3 is 0 Å². The molecule has 0 bridgehead atoms. The zero-order chi connectivity index (χ0) is 15.2. The van der Waals surface area contributed by atoms with Crippen molar-refractivity contribution in [2.45, 2.75) is 40.0 Å². The van der Waals surface area contributed by atoms with E-state index in [-0.39, 0.29) is 0 Å². The fourth-order valence-electron chi connectivity index (χ4n) is 2.14. The molecule has 2 heterocycles. The summed E-state index contributed by atoms with van der Waals surface area (Å²) in [7, 11) is 0. The molecule has 0 saturated carbocycles. The lowest BCUT2D eigenvalue weighted by Gasteiger charge is -2.13. The molecule has 0 atom stereocenters. The molecule has 5 heteroatoms. The van der Waals surface area contributed by atoms with Gasteiger partial charge in [0, 0.05) is 24.5 Å². The van der Waals surface area contributed by atoms with Gasteiger partial charge in [-0.25, -0.2) is 9.97 Å². The Kier molecular flexibility index (Phi) is 5.67. The average molecular weight is 349 g/mol. The fraction of sp³-hybridized carbons (Fsp3) is 0.438. The smallest absolute Gasteiger partial charge is 0.162 e. The van der Waals surface area contributed by atoms with Crippen LogP contribution in [0.2, 0.25) is 0 Å². The molecule has 0 fully saturated rings. The maximum absolute atomic E-state index is 4.71. The Balaban J connectivity index is 2.53. The topological polar surface area (TPSA) is 50.7 Å². The lowest BCUT2D eigenvalue weighted by Crippen LogP contribution is -2.07. The quantitative estimate of drug-likeness (QED) is 0.847. The van der Waals surface area contributed by atoms with Gasteiger partial charge < -0.3 is 5.32 Å². The van der Waals surface area contributed by atoms with Crippen LogP contribution in [0.4, 0.5) is 5.82 Å². The van der Waals surface area contributed by atoms with Crippen LogP contribution in [-0.4, -0.2) is 21.5 Å². The largest absolute Gasteiger partial charge is 0.369 e. The van der Waals surface area contributed by atoms with Crippen molar-refractivity contribution < 1.29 is 0 Å². The standard InChI is InChI=1S/C16H21BrN4/c1-4-8-19-16-14(17)13(6-3)20-15(21-16)12-7-9-18-10-11(12)5-2/h7,9-10H,4-6,8H2,1-3H3,(H,19,20,21). The second kappa shape index (κ2) is 7.50. The van der Waals surface area contributed by atoms with Crippen LogP contribution in [0.25, 0.3) is 11.4 Å². The molecule has 0 aromatic carbocycles. The number of rotatable bonds is 6. The van der Waals surface area contributed by atoms with Crippen molar-refractivity contribution in [3.63, 3.8) is 0 Å². The molecule has 2 rings (SSSR count). The van der Waals surface area contributed by atoms with Crippen LogP contribution in [0.1, 0.15) is 38.4 Å². The second-order valence-corrected chi connectivity index (χ2v) is 5.62. The molecule has 2 aromatic heterocycles. The average Bonchev–Trinajstić information content (AvgIpc) is 2.53. The van der Waals surface area contributed by atoms with Crippen molar-refractivity contribution in [2.75, 3.05) is 11.9 Å². The number of aromatic nitrogens is 3. The van der Waals surface area contributed by atoms with E-state index in [0.29, 0.717) is 0 Å². The number of hydrogen-bond donors (Lipinski definition) is 1. The van der Waals surface area contributed by atoms with Crippen LogP contribution in [-0.2, 0) is 12.8 Å². The van der Waals surface area contributed by atoms with Crippen molar-refractivity contribution in [3.8, 4) is 11.4 Å². The lowest BCUT2D eigenvalue weighted by atomic mass is 10.1. The predicted octanol–water partition coefficient (Wildman–Crippen LogP) is 4.25. The van der Waals surface area contributed by atoms with Crippen LogP contribution in [0, 0.1) is 0 Å². The molecular formula is C16H21BrN4. The number of nitrogens with one attached hydrogen (secondary N) is 1. The molecule has 0 aliphatic carbocycles. The summed E-state index contributed by atoms with van der Waals surface area (Å²) in [6, 6.07) is 1.99. The highest BCUT2D eigenvalue weighted by molar-refractivity contribution is 9.10. The Morgan fingerprint density at radius 3 is 2.62 bits per heavy atom. The third-order valence-corrected chi connectivity index (χ3v) is 4.16. The Labute approximate surface area is 134 Å². The van der Waals surface area contributed by atoms with E-state index >= 15 is 0 Å². The van der Waals surface area contributed by atoms with E-state index in [2.05, 4.69) is 47.0 Å². The first-order chi connectivity index (χ1) is 10.2. The van der Waals surface area contributed by atoms with Gasteiger partial charge in [0.25, 0.3) is 0 Å². The number of halogens is 1. The molecule has 0 aliphatic rings. The first kappa shape index (κ1) is 15.9. The highest BCUT2D eigenvalue weighted by Crippen LogP contribution is 2.29. The molecule has 2 aromatic rings. The molecule has 1 N–H and O–H groups in total. The zero-order valence-electron chi connectivity index (χ0n) is 12.8. The van der Waals surface area contributed by atoms with E-state index in [0.717, 1.165) is 53.2 Å². The highest BCUT2D eigenvalue weighted by Gasteiger charge is 2.14. The molecule has 0 saturated heterocycles. The minimum absolute atomic E-state index is 0.771. The summed E-state index contributed by atoms with van der Waals surface area (Å²) in [6.07, 6.45) is 6.53. The normalized spacial score (nSPS) is 10.7. The summed E-state index contributed by atoms with van der Waals surface area (Å²) in [5.74, 6) is 1.64. The van der Waals surface area contributed by atoms with Crippen LogP contribution in [0.3, 0.4) is 0 Å². The summed E-state index contributed by atoms with van der Waals surface area (Å²) >= 11 is 3.61. The SMILES string of the molecule is CCCNc1nc(-c2ccncc2CC)nc(CC)c1Br. The third kappa shape index (κ3) is 3.59. The van der Waals surface area contributed by atoms with Crippen molar-refractivity contribution in [1.29, 1.82) is 0 Å². The predicted molar refractivity (Wildman–Crippen MR) is 90.5 cm³/mol. The van der Waals surface area contributed by atoms with Gasteiger partial charge in [-0.2, -0.15) is 0 Å². The number of nitrogens with zero attached hydrogens (tertiary/aromatic N) is 3. The van der Waals surface area contributed by atoms with Gasteiger partial charge in [0.05, 0.1) is 10.2 Å². The Hall–Kier alpha value is -1.49. The van der Waals surface area contributed by atoms with Crippen LogP contribution < -0.4 is 5.32 Å². The maximum atomic E-state index is 4.71. The van der Waals surface area contributed by atoms with Gasteiger partial charge in [0.2, 0.25) is 0 Å². The second-order valence-electron chi connectivity index (χ2n) is 4.82. The van der Waals surface area contributed by atoms with Crippen LogP contribution >= 0.6 is 15.9 Å². The lowest BCUT2D eigenvalue weighted by molar-refractivity contribution is 0.941. The van der Waals surface area contributed by atoms with Gasteiger partial charge in [-0.15, -0.1) is 0 Å². The molecule has 0 amide bonds. The first-order valence-electron chi connectivity index (χ1n) is 7.44. The minimum Gasteiger partial charge on any atom is -0.369 e. The maximum Gasteiger partial charge on any atom is 0.162 e. The summed E-state index contributed by atoms with van der Waals surface area (Å²) in [6.45, 7) is 7.26. The number of aryl methyl sites for hydroxylation is 2. The van der Waals surface area contributed by atoms with Crippen molar-refractivity contribution in [2.24, 2.45) is 0 Å². The number of pyridine rings is 1. The van der Waals surface area contributed by atoms with E-state index in [1.54, 1.807) is 6.20 Å². The monoisotopic (exact) mass is 348 g/mol. The molecule has 0 radical (unpaired) electrons. The zero-order valence-corrected chi connectivity index (χ0v) is 14.4. The molecule has 0 aliphatic heterocycles. The fourth-order valence-corrected chi connectivity index (χ4v) is 2.73. The Morgan fingerprint density at radius 2 is 1.95 bits per heavy atom. The van der Waals surface area contributed by atoms with E-state index < -0.39 is 0 Å². The van der Waals surface area contributed by atoms with E-state index in [9.17, 15) is 0 Å². The van der Waals surface area contributed by atoms with E-state index in [1.165, 1.54) is 5.56 Å². The summed E-state index contributed by atoms with van der Waals surface area (Å²) in [5, 5.41) is 3.37. The molecule has 0 unspecified atom stereocenters. The highest BCUT2D eigenvalue weighted by atomic mass is 79.9. The van der Waals surface area contributed by atoms with Gasteiger partial charge in [0.1, 0.15) is 5.82 Å². The Morgan fingerprint density at radius 1 is 1.14 bits per heavy atom. The summed E-state index contributed by atoms with van der Waals surface area (Å²) < 4.78 is 0.967. The molecular weight excluding hydrogens is 328 g/mol. The van der Waals surface area contributed by atoms with Crippen molar-refractivity contribution >= 4 is 21.7 Å². The minimum atomic E-state index is 0.771. The summed E-state index contributed by atoms with van der Waals surface area (Å²) in [5.41, 5.74) is 3.26. The molecule has 0 spiro atoms. The van der Waals surface area contributed by atoms with Gasteiger partial charge in [-0.05, 0) is 46.8 Å². The van der Waals surface area contributed by atoms with Crippen molar-refractivity contribution in [3.05, 3.63) is 34.2 Å². The molecule has 4 nitrogen and oxygen atoms in total. The molecule has 112 valence electrons. The van der Waals surface area contributed by atoms with Gasteiger partial charge in [-0.3, -0.25) is 4.98 Å².